The molecule has 1 heterocycles. The second-order valence-electron chi connectivity index (χ2n) is 5.07. The SMILES string of the molecule is CN(CCc1ccncc1)C(=O)c1cccc(CCN)c1. The summed E-state index contributed by atoms with van der Waals surface area (Å²) in [6, 6.07) is 11.6. The summed E-state index contributed by atoms with van der Waals surface area (Å²) in [6.07, 6.45) is 5.16. The first-order chi connectivity index (χ1) is 10.2. The second kappa shape index (κ2) is 7.55. The molecule has 0 saturated carbocycles. The van der Waals surface area contributed by atoms with Crippen molar-refractivity contribution >= 4 is 5.91 Å². The number of nitrogens with two attached hydrogens (primary N) is 1. The number of carbonyl (C=O) groups excluding carboxylic acids is 1. The fourth-order valence-corrected chi connectivity index (χ4v) is 2.19. The van der Waals surface area contributed by atoms with Crippen LogP contribution in [0.5, 0.6) is 0 Å². The Morgan fingerprint density at radius 3 is 2.62 bits per heavy atom. The Bertz CT molecular complexity index is 584. The van der Waals surface area contributed by atoms with Crippen molar-refractivity contribution in [2.75, 3.05) is 20.1 Å². The quantitative estimate of drug-likeness (QED) is 0.881. The van der Waals surface area contributed by atoms with Crippen molar-refractivity contribution in [1.29, 1.82) is 0 Å². The Morgan fingerprint density at radius 1 is 1.14 bits per heavy atom. The third-order valence-electron chi connectivity index (χ3n) is 3.44. The van der Waals surface area contributed by atoms with Crippen LogP contribution in [-0.2, 0) is 12.8 Å². The number of aromatic nitrogens is 1. The van der Waals surface area contributed by atoms with Crippen molar-refractivity contribution in [1.82, 2.24) is 9.88 Å². The maximum absolute atomic E-state index is 12.4. The van der Waals surface area contributed by atoms with Gasteiger partial charge in [-0.15, -0.1) is 0 Å². The van der Waals surface area contributed by atoms with E-state index in [1.165, 1.54) is 5.56 Å². The van der Waals surface area contributed by atoms with Crippen molar-refractivity contribution in [3.05, 3.63) is 65.5 Å². The van der Waals surface area contributed by atoms with E-state index in [1.54, 1.807) is 17.3 Å². The van der Waals surface area contributed by atoms with Crippen LogP contribution in [0.15, 0.2) is 48.8 Å². The van der Waals surface area contributed by atoms with Crippen LogP contribution in [-0.4, -0.2) is 35.9 Å². The molecule has 1 aromatic heterocycles. The van der Waals surface area contributed by atoms with Crippen molar-refractivity contribution in [3.63, 3.8) is 0 Å². The molecule has 1 amide bonds. The lowest BCUT2D eigenvalue weighted by Gasteiger charge is -2.17. The van der Waals surface area contributed by atoms with Gasteiger partial charge in [0.05, 0.1) is 0 Å². The fourth-order valence-electron chi connectivity index (χ4n) is 2.19. The zero-order chi connectivity index (χ0) is 15.1. The zero-order valence-corrected chi connectivity index (χ0v) is 12.3. The number of nitrogens with zero attached hydrogens (tertiary/aromatic N) is 2. The molecule has 4 heteroatoms. The summed E-state index contributed by atoms with van der Waals surface area (Å²) in [5.74, 6) is 0.0444. The largest absolute Gasteiger partial charge is 0.341 e. The lowest BCUT2D eigenvalue weighted by Crippen LogP contribution is -2.28. The van der Waals surface area contributed by atoms with Crippen LogP contribution < -0.4 is 5.73 Å². The van der Waals surface area contributed by atoms with E-state index >= 15 is 0 Å². The van der Waals surface area contributed by atoms with Gasteiger partial charge in [-0.2, -0.15) is 0 Å². The molecule has 0 bridgehead atoms. The smallest absolute Gasteiger partial charge is 0.253 e. The Balaban J connectivity index is 1.97. The Kier molecular flexibility index (Phi) is 5.46. The monoisotopic (exact) mass is 283 g/mol. The van der Waals surface area contributed by atoms with Gasteiger partial charge in [0.25, 0.3) is 5.91 Å². The molecule has 0 aliphatic heterocycles. The number of hydrogen-bond donors (Lipinski definition) is 1. The Morgan fingerprint density at radius 2 is 1.90 bits per heavy atom. The van der Waals surface area contributed by atoms with E-state index in [0.717, 1.165) is 24.0 Å². The van der Waals surface area contributed by atoms with Gasteiger partial charge in [0.15, 0.2) is 0 Å². The van der Waals surface area contributed by atoms with E-state index in [0.29, 0.717) is 13.1 Å². The fraction of sp³-hybridized carbons (Fsp3) is 0.294. The second-order valence-corrected chi connectivity index (χ2v) is 5.07. The summed E-state index contributed by atoms with van der Waals surface area (Å²) >= 11 is 0. The predicted octanol–water partition coefficient (Wildman–Crippen LogP) is 1.90. The third-order valence-corrected chi connectivity index (χ3v) is 3.44. The van der Waals surface area contributed by atoms with Gasteiger partial charge in [-0.3, -0.25) is 9.78 Å². The number of rotatable bonds is 6. The molecule has 0 aliphatic rings. The Hall–Kier alpha value is -2.20. The topological polar surface area (TPSA) is 59.2 Å². The van der Waals surface area contributed by atoms with Crippen molar-refractivity contribution in [3.8, 4) is 0 Å². The van der Waals surface area contributed by atoms with Gasteiger partial charge in [0, 0.05) is 31.5 Å². The van der Waals surface area contributed by atoms with Crippen LogP contribution in [0.25, 0.3) is 0 Å². The molecule has 0 fully saturated rings. The van der Waals surface area contributed by atoms with E-state index in [2.05, 4.69) is 4.98 Å². The lowest BCUT2D eigenvalue weighted by atomic mass is 10.1. The first-order valence-electron chi connectivity index (χ1n) is 7.14. The van der Waals surface area contributed by atoms with E-state index in [1.807, 2.05) is 43.4 Å². The highest BCUT2D eigenvalue weighted by atomic mass is 16.2. The van der Waals surface area contributed by atoms with Gasteiger partial charge in [-0.25, -0.2) is 0 Å². The van der Waals surface area contributed by atoms with Crippen LogP contribution in [0, 0.1) is 0 Å². The minimum absolute atomic E-state index is 0.0444. The highest BCUT2D eigenvalue weighted by molar-refractivity contribution is 5.94. The van der Waals surface area contributed by atoms with Crippen LogP contribution in [0.2, 0.25) is 0 Å². The van der Waals surface area contributed by atoms with Crippen molar-refractivity contribution < 1.29 is 4.79 Å². The normalized spacial score (nSPS) is 10.4. The number of likely N-dealkylation sites (N-methyl/N-ethyl adjacent to an activating group) is 1. The first-order valence-corrected chi connectivity index (χ1v) is 7.14. The summed E-state index contributed by atoms with van der Waals surface area (Å²) in [6.45, 7) is 1.28. The molecule has 0 atom stereocenters. The van der Waals surface area contributed by atoms with Crippen LogP contribution in [0.1, 0.15) is 21.5 Å². The Labute approximate surface area is 125 Å². The molecule has 0 saturated heterocycles. The average Bonchev–Trinajstić information content (AvgIpc) is 2.53. The summed E-state index contributed by atoms with van der Waals surface area (Å²) in [5.41, 5.74) is 8.56. The van der Waals surface area contributed by atoms with Gasteiger partial charge in [-0.05, 0) is 54.8 Å². The number of benzene rings is 1. The van der Waals surface area contributed by atoms with E-state index in [-0.39, 0.29) is 5.91 Å². The third kappa shape index (κ3) is 4.39. The van der Waals surface area contributed by atoms with Crippen LogP contribution in [0.3, 0.4) is 0 Å². The van der Waals surface area contributed by atoms with E-state index < -0.39 is 0 Å². The van der Waals surface area contributed by atoms with Gasteiger partial charge >= 0.3 is 0 Å². The van der Waals surface area contributed by atoms with Gasteiger partial charge in [-0.1, -0.05) is 12.1 Å². The average molecular weight is 283 g/mol. The lowest BCUT2D eigenvalue weighted by molar-refractivity contribution is 0.0796. The maximum Gasteiger partial charge on any atom is 0.253 e. The molecule has 2 N–H and O–H groups in total. The number of pyridine rings is 1. The molecule has 1 aromatic carbocycles. The standard InChI is InChI=1S/C17H21N3O/c1-20(12-8-14-6-10-19-11-7-14)17(21)16-4-2-3-15(13-16)5-9-18/h2-4,6-7,10-11,13H,5,8-9,12,18H2,1H3. The van der Waals surface area contributed by atoms with Crippen molar-refractivity contribution in [2.45, 2.75) is 12.8 Å². The highest BCUT2D eigenvalue weighted by Crippen LogP contribution is 2.09. The van der Waals surface area contributed by atoms with Gasteiger partial charge in [0.2, 0.25) is 0 Å². The summed E-state index contributed by atoms with van der Waals surface area (Å²) in [4.78, 5) is 18.1. The van der Waals surface area contributed by atoms with Gasteiger partial charge in [0.1, 0.15) is 0 Å². The van der Waals surface area contributed by atoms with E-state index in [9.17, 15) is 4.79 Å². The summed E-state index contributed by atoms with van der Waals surface area (Å²) < 4.78 is 0. The van der Waals surface area contributed by atoms with Gasteiger partial charge < -0.3 is 10.6 Å². The minimum atomic E-state index is 0.0444. The summed E-state index contributed by atoms with van der Waals surface area (Å²) in [7, 11) is 1.83. The molecule has 2 aromatic rings. The first kappa shape index (κ1) is 15.2. The number of amides is 1. The molecule has 21 heavy (non-hydrogen) atoms. The predicted molar refractivity (Wildman–Crippen MR) is 84.1 cm³/mol. The van der Waals surface area contributed by atoms with E-state index in [4.69, 9.17) is 5.73 Å². The molecule has 0 spiro atoms. The molecular weight excluding hydrogens is 262 g/mol. The molecule has 0 radical (unpaired) electrons. The molecule has 2 rings (SSSR count). The summed E-state index contributed by atoms with van der Waals surface area (Å²) in [5, 5.41) is 0. The van der Waals surface area contributed by atoms with Crippen molar-refractivity contribution in [2.24, 2.45) is 5.73 Å². The molecule has 0 unspecified atom stereocenters. The highest BCUT2D eigenvalue weighted by Gasteiger charge is 2.11. The maximum atomic E-state index is 12.4. The number of carbonyl (C=O) groups is 1. The zero-order valence-electron chi connectivity index (χ0n) is 12.3. The van der Waals surface area contributed by atoms with Crippen LogP contribution >= 0.6 is 0 Å². The molecule has 4 nitrogen and oxygen atoms in total. The number of hydrogen-bond acceptors (Lipinski definition) is 3. The molecule has 110 valence electrons. The molecular formula is C17H21N3O. The minimum Gasteiger partial charge on any atom is -0.341 e. The van der Waals surface area contributed by atoms with Crippen LogP contribution in [0.4, 0.5) is 0 Å². The molecule has 0 aliphatic carbocycles.